The molecule has 9 heteroatoms. The zero-order valence-electron chi connectivity index (χ0n) is 15.0. The Morgan fingerprint density at radius 3 is 2.92 bits per heavy atom. The quantitative estimate of drug-likeness (QED) is 0.677. The summed E-state index contributed by atoms with van der Waals surface area (Å²) in [5.41, 5.74) is 6.59. The van der Waals surface area contributed by atoms with Gasteiger partial charge >= 0.3 is 0 Å². The summed E-state index contributed by atoms with van der Waals surface area (Å²) in [5.74, 6) is 3.07. The van der Waals surface area contributed by atoms with E-state index in [2.05, 4.69) is 36.6 Å². The van der Waals surface area contributed by atoms with Gasteiger partial charge < -0.3 is 15.3 Å². The predicted molar refractivity (Wildman–Crippen MR) is 101 cm³/mol. The molecule has 0 aliphatic heterocycles. The van der Waals surface area contributed by atoms with Gasteiger partial charge in [-0.15, -0.1) is 21.5 Å². The number of fused-ring (bicyclic) bond motifs is 1. The number of aromatic nitrogens is 5. The Labute approximate surface area is 155 Å². The Morgan fingerprint density at radius 1 is 1.38 bits per heavy atom. The molecule has 0 spiro atoms. The Morgan fingerprint density at radius 2 is 2.19 bits per heavy atom. The van der Waals surface area contributed by atoms with Crippen molar-refractivity contribution in [1.29, 1.82) is 0 Å². The van der Waals surface area contributed by atoms with E-state index in [9.17, 15) is 4.79 Å². The van der Waals surface area contributed by atoms with Gasteiger partial charge in [0.25, 0.3) is 5.56 Å². The van der Waals surface area contributed by atoms with Gasteiger partial charge in [0.15, 0.2) is 0 Å². The third kappa shape index (κ3) is 3.17. The van der Waals surface area contributed by atoms with E-state index in [-0.39, 0.29) is 5.56 Å². The zero-order valence-corrected chi connectivity index (χ0v) is 15.8. The van der Waals surface area contributed by atoms with Gasteiger partial charge in [-0.3, -0.25) is 9.69 Å². The summed E-state index contributed by atoms with van der Waals surface area (Å²) in [5, 5.41) is 10.7. The van der Waals surface area contributed by atoms with E-state index in [4.69, 9.17) is 5.73 Å². The molecule has 0 bridgehead atoms. The van der Waals surface area contributed by atoms with Gasteiger partial charge in [0.05, 0.1) is 18.6 Å². The highest BCUT2D eigenvalue weighted by molar-refractivity contribution is 7.17. The molecule has 1 fully saturated rings. The third-order valence-electron chi connectivity index (χ3n) is 4.91. The molecule has 1 aliphatic carbocycles. The Bertz CT molecular complexity index is 969. The molecule has 1 aliphatic rings. The van der Waals surface area contributed by atoms with Crippen molar-refractivity contribution in [3.8, 4) is 0 Å². The number of hydrogen-bond donors (Lipinski definition) is 2. The Hall–Kier alpha value is -2.10. The van der Waals surface area contributed by atoms with Crippen molar-refractivity contribution in [2.24, 2.45) is 5.73 Å². The van der Waals surface area contributed by atoms with E-state index in [1.807, 2.05) is 18.5 Å². The molecule has 0 atom stereocenters. The molecule has 0 radical (unpaired) electrons. The van der Waals surface area contributed by atoms with Crippen molar-refractivity contribution in [3.05, 3.63) is 39.3 Å². The normalized spacial score (nSPS) is 20.0. The second kappa shape index (κ2) is 6.90. The molecular weight excluding hydrogens is 350 g/mol. The molecule has 1 saturated carbocycles. The molecule has 8 nitrogen and oxygen atoms in total. The molecule has 3 heterocycles. The Kier molecular flexibility index (Phi) is 4.60. The maximum atomic E-state index is 12.1. The maximum Gasteiger partial charge on any atom is 0.268 e. The molecule has 138 valence electrons. The first-order valence-corrected chi connectivity index (χ1v) is 9.75. The predicted octanol–water partition coefficient (Wildman–Crippen LogP) is 1.43. The molecule has 0 saturated heterocycles. The average Bonchev–Trinajstić information content (AvgIpc) is 3.18. The van der Waals surface area contributed by atoms with Crippen LogP contribution in [-0.2, 0) is 19.6 Å². The van der Waals surface area contributed by atoms with Crippen molar-refractivity contribution < 1.29 is 0 Å². The largest absolute Gasteiger partial charge is 0.328 e. The van der Waals surface area contributed by atoms with Crippen LogP contribution in [0.15, 0.2) is 16.2 Å². The van der Waals surface area contributed by atoms with Crippen LogP contribution < -0.4 is 11.3 Å². The average molecular weight is 373 g/mol. The van der Waals surface area contributed by atoms with Gasteiger partial charge in [-0.25, -0.2) is 4.98 Å². The van der Waals surface area contributed by atoms with Gasteiger partial charge in [0, 0.05) is 18.5 Å². The molecule has 4 rings (SSSR count). The van der Waals surface area contributed by atoms with Gasteiger partial charge in [-0.05, 0) is 38.3 Å². The fraction of sp³-hybridized carbons (Fsp3) is 0.529. The molecule has 3 aromatic rings. The monoisotopic (exact) mass is 373 g/mol. The first-order valence-electron chi connectivity index (χ1n) is 8.87. The SMILES string of the molecule is CCn1c(CN(C)Cc2nc3ccsc3c(=O)[nH]2)nnc1C1CC(N)C1. The lowest BCUT2D eigenvalue weighted by Crippen LogP contribution is -2.36. The second-order valence-corrected chi connectivity index (χ2v) is 7.88. The molecular formula is C17H23N7OS. The summed E-state index contributed by atoms with van der Waals surface area (Å²) < 4.78 is 2.86. The van der Waals surface area contributed by atoms with Crippen LogP contribution in [0.4, 0.5) is 0 Å². The maximum absolute atomic E-state index is 12.1. The number of thiophene rings is 1. The highest BCUT2D eigenvalue weighted by Gasteiger charge is 2.32. The van der Waals surface area contributed by atoms with E-state index in [0.29, 0.717) is 35.6 Å². The number of H-pyrrole nitrogens is 1. The molecule has 26 heavy (non-hydrogen) atoms. The van der Waals surface area contributed by atoms with Crippen LogP contribution in [-0.4, -0.2) is 42.7 Å². The number of nitrogens with zero attached hydrogens (tertiary/aromatic N) is 5. The zero-order chi connectivity index (χ0) is 18.3. The van der Waals surface area contributed by atoms with Crippen molar-refractivity contribution in [2.75, 3.05) is 7.05 Å². The van der Waals surface area contributed by atoms with E-state index >= 15 is 0 Å². The summed E-state index contributed by atoms with van der Waals surface area (Å²) in [6, 6.07) is 2.17. The van der Waals surface area contributed by atoms with Crippen LogP contribution in [0, 0.1) is 0 Å². The van der Waals surface area contributed by atoms with Gasteiger partial charge in [-0.1, -0.05) is 0 Å². The van der Waals surface area contributed by atoms with E-state index in [1.165, 1.54) is 11.3 Å². The minimum Gasteiger partial charge on any atom is -0.328 e. The number of hydrogen-bond acceptors (Lipinski definition) is 7. The van der Waals surface area contributed by atoms with E-state index < -0.39 is 0 Å². The van der Waals surface area contributed by atoms with E-state index in [0.717, 1.165) is 36.6 Å². The molecule has 3 aromatic heterocycles. The third-order valence-corrected chi connectivity index (χ3v) is 5.81. The molecule has 0 aromatic carbocycles. The number of aromatic amines is 1. The van der Waals surface area contributed by atoms with Crippen LogP contribution in [0.25, 0.3) is 10.2 Å². The van der Waals surface area contributed by atoms with Crippen molar-refractivity contribution in [3.63, 3.8) is 0 Å². The van der Waals surface area contributed by atoms with Crippen molar-refractivity contribution >= 4 is 21.6 Å². The van der Waals surface area contributed by atoms with Crippen LogP contribution in [0.5, 0.6) is 0 Å². The van der Waals surface area contributed by atoms with E-state index in [1.54, 1.807) is 0 Å². The Balaban J connectivity index is 1.49. The summed E-state index contributed by atoms with van der Waals surface area (Å²) in [4.78, 5) is 21.6. The first-order chi connectivity index (χ1) is 12.5. The standard InChI is InChI=1S/C17H23N7OS/c1-3-24-14(21-22-16(24)10-6-11(18)7-10)9-23(2)8-13-19-12-4-5-26-15(12)17(25)20-13/h4-5,10-11H,3,6-9,18H2,1-2H3,(H,19,20,25). The van der Waals surface area contributed by atoms with Crippen molar-refractivity contribution in [1.82, 2.24) is 29.6 Å². The topological polar surface area (TPSA) is 106 Å². The van der Waals surface area contributed by atoms with Crippen LogP contribution in [0.1, 0.15) is 43.2 Å². The number of nitrogens with two attached hydrogens (primary N) is 1. The van der Waals surface area contributed by atoms with Gasteiger partial charge in [0.1, 0.15) is 22.2 Å². The second-order valence-electron chi connectivity index (χ2n) is 6.97. The first kappa shape index (κ1) is 17.3. The highest BCUT2D eigenvalue weighted by atomic mass is 32.1. The summed E-state index contributed by atoms with van der Waals surface area (Å²) >= 11 is 1.41. The van der Waals surface area contributed by atoms with Gasteiger partial charge in [-0.2, -0.15) is 0 Å². The number of rotatable bonds is 6. The fourth-order valence-electron chi connectivity index (χ4n) is 3.53. The smallest absolute Gasteiger partial charge is 0.268 e. The summed E-state index contributed by atoms with van der Waals surface area (Å²) in [6.07, 6.45) is 1.97. The molecule has 0 amide bonds. The number of nitrogens with one attached hydrogen (secondary N) is 1. The lowest BCUT2D eigenvalue weighted by atomic mass is 9.80. The van der Waals surface area contributed by atoms with Crippen LogP contribution >= 0.6 is 11.3 Å². The lowest BCUT2D eigenvalue weighted by Gasteiger charge is -2.31. The summed E-state index contributed by atoms with van der Waals surface area (Å²) in [7, 11) is 1.99. The molecule has 3 N–H and O–H groups in total. The molecule has 0 unspecified atom stereocenters. The summed E-state index contributed by atoms with van der Waals surface area (Å²) in [6.45, 7) is 4.14. The minimum atomic E-state index is -0.0752. The van der Waals surface area contributed by atoms with Crippen LogP contribution in [0.2, 0.25) is 0 Å². The highest BCUT2D eigenvalue weighted by Crippen LogP contribution is 2.34. The fourth-order valence-corrected chi connectivity index (χ4v) is 4.26. The van der Waals surface area contributed by atoms with Gasteiger partial charge in [0.2, 0.25) is 0 Å². The van der Waals surface area contributed by atoms with Crippen LogP contribution in [0.3, 0.4) is 0 Å². The minimum absolute atomic E-state index is 0.0752. The lowest BCUT2D eigenvalue weighted by molar-refractivity contribution is 0.293. The van der Waals surface area contributed by atoms with Crippen molar-refractivity contribution in [2.45, 2.75) is 51.4 Å².